The second-order valence-corrected chi connectivity index (χ2v) is 7.74. The molecule has 114 valence electrons. The molecule has 1 aromatic carbocycles. The summed E-state index contributed by atoms with van der Waals surface area (Å²) in [6, 6.07) is 3.07. The number of benzene rings is 1. The summed E-state index contributed by atoms with van der Waals surface area (Å²) in [5.41, 5.74) is 1.63. The van der Waals surface area contributed by atoms with E-state index in [-0.39, 0.29) is 12.5 Å². The molecule has 0 amide bonds. The summed E-state index contributed by atoms with van der Waals surface area (Å²) >= 11 is 3.44. The Morgan fingerprint density at radius 1 is 1.35 bits per heavy atom. The van der Waals surface area contributed by atoms with Crippen molar-refractivity contribution in [3.8, 4) is 0 Å². The molecule has 1 aromatic rings. The van der Waals surface area contributed by atoms with E-state index in [0.29, 0.717) is 11.3 Å². The van der Waals surface area contributed by atoms with E-state index in [9.17, 15) is 13.5 Å². The Hall–Kier alpha value is -0.430. The summed E-state index contributed by atoms with van der Waals surface area (Å²) in [6.07, 6.45) is 0.544. The smallest absolute Gasteiger partial charge is 0.241 e. The average molecular weight is 364 g/mol. The number of halogens is 1. The van der Waals surface area contributed by atoms with Crippen LogP contribution in [0.25, 0.3) is 0 Å². The van der Waals surface area contributed by atoms with E-state index in [1.807, 2.05) is 33.8 Å². The van der Waals surface area contributed by atoms with Crippen molar-refractivity contribution >= 4 is 26.0 Å². The largest absolute Gasteiger partial charge is 0.395 e. The summed E-state index contributed by atoms with van der Waals surface area (Å²) in [5.74, 6) is 0.0904. The van der Waals surface area contributed by atoms with E-state index >= 15 is 0 Å². The van der Waals surface area contributed by atoms with Gasteiger partial charge in [-0.25, -0.2) is 13.1 Å². The zero-order valence-electron chi connectivity index (χ0n) is 12.3. The minimum absolute atomic E-state index is 0.0904. The summed E-state index contributed by atoms with van der Waals surface area (Å²) < 4.78 is 28.5. The molecule has 0 bridgehead atoms. The lowest BCUT2D eigenvalue weighted by Crippen LogP contribution is -2.37. The predicted molar refractivity (Wildman–Crippen MR) is 84.5 cm³/mol. The highest BCUT2D eigenvalue weighted by atomic mass is 79.9. The molecule has 0 aromatic heterocycles. The van der Waals surface area contributed by atoms with Crippen LogP contribution in [0, 0.1) is 6.92 Å². The Morgan fingerprint density at radius 3 is 2.40 bits per heavy atom. The van der Waals surface area contributed by atoms with Crippen molar-refractivity contribution in [2.75, 3.05) is 6.61 Å². The maximum absolute atomic E-state index is 12.5. The third kappa shape index (κ3) is 4.04. The molecule has 0 spiro atoms. The highest BCUT2D eigenvalue weighted by molar-refractivity contribution is 9.10. The first-order chi connectivity index (χ1) is 9.22. The molecule has 0 radical (unpaired) electrons. The highest BCUT2D eigenvalue weighted by Crippen LogP contribution is 2.30. The molecule has 0 aliphatic rings. The molecule has 6 heteroatoms. The van der Waals surface area contributed by atoms with Crippen LogP contribution in [0.15, 0.2) is 21.5 Å². The molecule has 1 rings (SSSR count). The molecule has 0 heterocycles. The fourth-order valence-electron chi connectivity index (χ4n) is 1.89. The van der Waals surface area contributed by atoms with Gasteiger partial charge in [0.25, 0.3) is 0 Å². The lowest BCUT2D eigenvalue weighted by molar-refractivity contribution is 0.254. The fraction of sp³-hybridized carbons (Fsp3) is 0.571. The molecule has 0 saturated heterocycles. The summed E-state index contributed by atoms with van der Waals surface area (Å²) in [5, 5.41) is 9.18. The van der Waals surface area contributed by atoms with Crippen LogP contribution < -0.4 is 4.72 Å². The predicted octanol–water partition coefficient (Wildman–Crippen LogP) is 2.93. The molecule has 0 fully saturated rings. The van der Waals surface area contributed by atoms with Gasteiger partial charge in [-0.1, -0.05) is 36.7 Å². The number of nitrogens with one attached hydrogen (secondary N) is 1. The Bertz CT molecular complexity index is 566. The van der Waals surface area contributed by atoms with E-state index in [4.69, 9.17) is 0 Å². The molecule has 4 nitrogen and oxygen atoms in total. The molecule has 20 heavy (non-hydrogen) atoms. The van der Waals surface area contributed by atoms with Crippen LogP contribution >= 0.6 is 15.9 Å². The number of rotatable bonds is 6. The quantitative estimate of drug-likeness (QED) is 0.816. The van der Waals surface area contributed by atoms with E-state index < -0.39 is 16.1 Å². The van der Waals surface area contributed by atoms with Crippen molar-refractivity contribution in [2.24, 2.45) is 0 Å². The first kappa shape index (κ1) is 17.6. The maximum atomic E-state index is 12.5. The standard InChI is InChI=1S/C14H22BrNO3S/c1-5-11(8-17)16-20(18,19)14-6-10(4)13(15)7-12(14)9(2)3/h6-7,9,11,16-17H,5,8H2,1-4H3/t11-/m1/s1. The zero-order valence-corrected chi connectivity index (χ0v) is 14.7. The van der Waals surface area contributed by atoms with Crippen LogP contribution in [0.5, 0.6) is 0 Å². The Labute approximate surface area is 129 Å². The maximum Gasteiger partial charge on any atom is 0.241 e. The van der Waals surface area contributed by atoms with Crippen LogP contribution in [0.1, 0.15) is 44.2 Å². The van der Waals surface area contributed by atoms with Gasteiger partial charge in [-0.05, 0) is 42.5 Å². The van der Waals surface area contributed by atoms with Crippen LogP contribution in [-0.2, 0) is 10.0 Å². The van der Waals surface area contributed by atoms with Crippen molar-refractivity contribution in [1.29, 1.82) is 0 Å². The van der Waals surface area contributed by atoms with Crippen LogP contribution in [-0.4, -0.2) is 26.2 Å². The Morgan fingerprint density at radius 2 is 1.95 bits per heavy atom. The van der Waals surface area contributed by atoms with Crippen molar-refractivity contribution in [2.45, 2.75) is 51.0 Å². The summed E-state index contributed by atoms with van der Waals surface area (Å²) in [7, 11) is -3.63. The van der Waals surface area contributed by atoms with Crippen molar-refractivity contribution in [3.63, 3.8) is 0 Å². The first-order valence-corrected chi connectivity index (χ1v) is 8.93. The third-order valence-electron chi connectivity index (χ3n) is 3.24. The van der Waals surface area contributed by atoms with Crippen molar-refractivity contribution in [1.82, 2.24) is 4.72 Å². The van der Waals surface area contributed by atoms with Gasteiger partial charge in [0.1, 0.15) is 0 Å². The van der Waals surface area contributed by atoms with Crippen molar-refractivity contribution in [3.05, 3.63) is 27.7 Å². The topological polar surface area (TPSA) is 66.4 Å². The number of hydrogen-bond acceptors (Lipinski definition) is 3. The molecule has 0 aliphatic heterocycles. The van der Waals surface area contributed by atoms with Crippen LogP contribution in [0.2, 0.25) is 0 Å². The van der Waals surface area contributed by atoms with Gasteiger partial charge in [-0.3, -0.25) is 0 Å². The Balaban J connectivity index is 3.33. The minimum Gasteiger partial charge on any atom is -0.395 e. The third-order valence-corrected chi connectivity index (χ3v) is 5.67. The van der Waals surface area contributed by atoms with E-state index in [0.717, 1.165) is 15.6 Å². The molecule has 2 N–H and O–H groups in total. The lowest BCUT2D eigenvalue weighted by Gasteiger charge is -2.19. The van der Waals surface area contributed by atoms with Gasteiger partial charge in [0, 0.05) is 10.5 Å². The molecule has 1 atom stereocenters. The van der Waals surface area contributed by atoms with Gasteiger partial charge < -0.3 is 5.11 Å². The second kappa shape index (κ2) is 7.02. The average Bonchev–Trinajstić information content (AvgIpc) is 2.38. The number of hydrogen-bond donors (Lipinski definition) is 2. The summed E-state index contributed by atoms with van der Waals surface area (Å²) in [4.78, 5) is 0.292. The molecule has 0 saturated carbocycles. The fourth-order valence-corrected chi connectivity index (χ4v) is 3.99. The normalized spacial score (nSPS) is 13.8. The van der Waals surface area contributed by atoms with E-state index in [2.05, 4.69) is 20.7 Å². The van der Waals surface area contributed by atoms with Gasteiger partial charge in [0.15, 0.2) is 0 Å². The minimum atomic E-state index is -3.63. The Kier molecular flexibility index (Phi) is 6.19. The summed E-state index contributed by atoms with van der Waals surface area (Å²) in [6.45, 7) is 7.40. The van der Waals surface area contributed by atoms with Gasteiger partial charge in [-0.2, -0.15) is 0 Å². The monoisotopic (exact) mass is 363 g/mol. The molecular weight excluding hydrogens is 342 g/mol. The highest BCUT2D eigenvalue weighted by Gasteiger charge is 2.23. The van der Waals surface area contributed by atoms with Crippen molar-refractivity contribution < 1.29 is 13.5 Å². The number of sulfonamides is 1. The van der Waals surface area contributed by atoms with Gasteiger partial charge >= 0.3 is 0 Å². The van der Waals surface area contributed by atoms with Crippen LogP contribution in [0.3, 0.4) is 0 Å². The number of aliphatic hydroxyl groups excluding tert-OH is 1. The lowest BCUT2D eigenvalue weighted by atomic mass is 10.0. The van der Waals surface area contributed by atoms with Gasteiger partial charge in [-0.15, -0.1) is 0 Å². The number of aryl methyl sites for hydroxylation is 1. The molecular formula is C14H22BrNO3S. The van der Waals surface area contributed by atoms with E-state index in [1.54, 1.807) is 6.07 Å². The van der Waals surface area contributed by atoms with Gasteiger partial charge in [0.2, 0.25) is 10.0 Å². The number of aliphatic hydroxyl groups is 1. The van der Waals surface area contributed by atoms with Gasteiger partial charge in [0.05, 0.1) is 11.5 Å². The SMILES string of the molecule is CC[C@H](CO)NS(=O)(=O)c1cc(C)c(Br)cc1C(C)C. The molecule has 0 unspecified atom stereocenters. The van der Waals surface area contributed by atoms with E-state index in [1.165, 1.54) is 0 Å². The molecule has 0 aliphatic carbocycles. The second-order valence-electron chi connectivity index (χ2n) is 5.20. The van der Waals surface area contributed by atoms with Crippen LogP contribution in [0.4, 0.5) is 0 Å². The zero-order chi connectivity index (χ0) is 15.5. The first-order valence-electron chi connectivity index (χ1n) is 6.66.